The largest absolute Gasteiger partial charge is 0.354 e. The van der Waals surface area contributed by atoms with Crippen LogP contribution in [0.5, 0.6) is 0 Å². The molecule has 0 aromatic heterocycles. The minimum absolute atomic E-state index is 0.00416. The molecule has 0 saturated heterocycles. The van der Waals surface area contributed by atoms with Crippen molar-refractivity contribution in [3.05, 3.63) is 130 Å². The molecule has 230 valence electrons. The van der Waals surface area contributed by atoms with E-state index >= 15 is 0 Å². The number of nitrogens with zero attached hydrogens (tertiary/aromatic N) is 2. The Balaban J connectivity index is 1.81. The summed E-state index contributed by atoms with van der Waals surface area (Å²) in [6, 6.07) is 28.4. The molecule has 44 heavy (non-hydrogen) atoms. The van der Waals surface area contributed by atoms with Crippen LogP contribution in [-0.2, 0) is 32.6 Å². The summed E-state index contributed by atoms with van der Waals surface area (Å²) >= 11 is 12.6. The van der Waals surface area contributed by atoms with Gasteiger partial charge < -0.3 is 10.2 Å². The summed E-state index contributed by atoms with van der Waals surface area (Å²) in [5.41, 5.74) is 2.84. The molecule has 7 nitrogen and oxygen atoms in total. The summed E-state index contributed by atoms with van der Waals surface area (Å²) in [4.78, 5) is 29.6. The Bertz CT molecular complexity index is 1650. The SMILES string of the molecule is CCCNC(=O)[C@@H](Cc1ccccc1)N(Cc1ccc(C)cc1)C(=O)CN(c1cc(Cl)cc(Cl)c1)S(=O)(=O)c1ccccc1. The van der Waals surface area contributed by atoms with Crippen LogP contribution in [0.15, 0.2) is 108 Å². The Labute approximate surface area is 269 Å². The van der Waals surface area contributed by atoms with Crippen molar-refractivity contribution in [1.29, 1.82) is 0 Å². The second-order valence-electron chi connectivity index (χ2n) is 10.5. The van der Waals surface area contributed by atoms with Crippen LogP contribution in [0, 0.1) is 6.92 Å². The zero-order chi connectivity index (χ0) is 31.7. The zero-order valence-corrected chi connectivity index (χ0v) is 26.9. The van der Waals surface area contributed by atoms with Gasteiger partial charge in [-0.3, -0.25) is 13.9 Å². The summed E-state index contributed by atoms with van der Waals surface area (Å²) < 4.78 is 29.1. The summed E-state index contributed by atoms with van der Waals surface area (Å²) in [6.45, 7) is 3.85. The first-order valence-electron chi connectivity index (χ1n) is 14.3. The van der Waals surface area contributed by atoms with E-state index < -0.39 is 28.5 Å². The fourth-order valence-corrected chi connectivity index (χ4v) is 6.68. The first kappa shape index (κ1) is 33.1. The van der Waals surface area contributed by atoms with Gasteiger partial charge in [0.2, 0.25) is 11.8 Å². The van der Waals surface area contributed by atoms with E-state index in [1.807, 2.05) is 68.4 Å². The van der Waals surface area contributed by atoms with E-state index in [0.29, 0.717) is 13.0 Å². The van der Waals surface area contributed by atoms with Crippen molar-refractivity contribution in [2.45, 2.75) is 44.2 Å². The highest BCUT2D eigenvalue weighted by Crippen LogP contribution is 2.30. The molecule has 0 aliphatic carbocycles. The number of hydrogen-bond donors (Lipinski definition) is 1. The quantitative estimate of drug-likeness (QED) is 0.175. The lowest BCUT2D eigenvalue weighted by Gasteiger charge is -2.34. The van der Waals surface area contributed by atoms with E-state index in [2.05, 4.69) is 5.32 Å². The molecule has 0 saturated carbocycles. The Morgan fingerprint density at radius 2 is 1.41 bits per heavy atom. The van der Waals surface area contributed by atoms with Gasteiger partial charge in [0, 0.05) is 29.6 Å². The lowest BCUT2D eigenvalue weighted by molar-refractivity contribution is -0.140. The van der Waals surface area contributed by atoms with Gasteiger partial charge >= 0.3 is 0 Å². The van der Waals surface area contributed by atoms with Crippen LogP contribution < -0.4 is 9.62 Å². The summed E-state index contributed by atoms with van der Waals surface area (Å²) in [7, 11) is -4.25. The number of aryl methyl sites for hydroxylation is 1. The summed E-state index contributed by atoms with van der Waals surface area (Å²) in [5, 5.41) is 3.37. The lowest BCUT2D eigenvalue weighted by Crippen LogP contribution is -2.53. The van der Waals surface area contributed by atoms with E-state index in [9.17, 15) is 18.0 Å². The molecule has 2 amide bonds. The monoisotopic (exact) mass is 651 g/mol. The smallest absolute Gasteiger partial charge is 0.264 e. The van der Waals surface area contributed by atoms with Gasteiger partial charge in [0.15, 0.2) is 0 Å². The fraction of sp³-hybridized carbons (Fsp3) is 0.235. The number of hydrogen-bond acceptors (Lipinski definition) is 4. The Hall–Kier alpha value is -3.85. The predicted octanol–water partition coefficient (Wildman–Crippen LogP) is 6.66. The number of rotatable bonds is 13. The number of halogens is 2. The third kappa shape index (κ3) is 8.62. The molecule has 4 aromatic rings. The van der Waals surface area contributed by atoms with Gasteiger partial charge in [-0.25, -0.2) is 8.42 Å². The number of anilines is 1. The molecule has 4 rings (SSSR count). The third-order valence-electron chi connectivity index (χ3n) is 7.04. The molecular weight excluding hydrogens is 617 g/mol. The molecule has 0 radical (unpaired) electrons. The van der Waals surface area contributed by atoms with Crippen molar-refractivity contribution in [3.63, 3.8) is 0 Å². The van der Waals surface area contributed by atoms with Gasteiger partial charge in [0.05, 0.1) is 10.6 Å². The molecule has 1 N–H and O–H groups in total. The van der Waals surface area contributed by atoms with Crippen molar-refractivity contribution >= 4 is 50.7 Å². The standard InChI is InChI=1S/C34H35Cl2N3O4S/c1-3-18-37-34(41)32(19-26-10-6-4-7-11-26)38(23-27-16-14-25(2)15-17-27)33(40)24-39(30-21-28(35)20-29(36)22-30)44(42,43)31-12-8-5-9-13-31/h4-17,20-22,32H,3,18-19,23-24H2,1-2H3,(H,37,41)/t32-/m1/s1. The van der Waals surface area contributed by atoms with Crippen LogP contribution in [-0.4, -0.2) is 44.3 Å². The van der Waals surface area contributed by atoms with E-state index in [-0.39, 0.29) is 39.5 Å². The fourth-order valence-electron chi connectivity index (χ4n) is 4.74. The topological polar surface area (TPSA) is 86.8 Å². The molecular formula is C34H35Cl2N3O4S. The molecule has 1 atom stereocenters. The maximum absolute atomic E-state index is 14.4. The number of carbonyl (C=O) groups excluding carboxylic acids is 2. The molecule has 4 aromatic carbocycles. The maximum atomic E-state index is 14.4. The van der Waals surface area contributed by atoms with Crippen molar-refractivity contribution in [1.82, 2.24) is 10.2 Å². The lowest BCUT2D eigenvalue weighted by atomic mass is 10.0. The van der Waals surface area contributed by atoms with Gasteiger partial charge in [-0.1, -0.05) is 108 Å². The van der Waals surface area contributed by atoms with Crippen molar-refractivity contribution in [3.8, 4) is 0 Å². The minimum atomic E-state index is -4.25. The van der Waals surface area contributed by atoms with Crippen molar-refractivity contribution in [2.75, 3.05) is 17.4 Å². The number of amides is 2. The number of benzene rings is 4. The summed E-state index contributed by atoms with van der Waals surface area (Å²) in [5.74, 6) is -0.881. The second-order valence-corrected chi connectivity index (χ2v) is 13.2. The van der Waals surface area contributed by atoms with E-state index in [0.717, 1.165) is 21.0 Å². The molecule has 0 bridgehead atoms. The van der Waals surface area contributed by atoms with Crippen LogP contribution in [0.3, 0.4) is 0 Å². The third-order valence-corrected chi connectivity index (χ3v) is 9.26. The van der Waals surface area contributed by atoms with Gasteiger partial charge in [0.1, 0.15) is 12.6 Å². The normalized spacial score (nSPS) is 11.9. The average Bonchev–Trinajstić information content (AvgIpc) is 3.01. The highest BCUT2D eigenvalue weighted by atomic mass is 35.5. The van der Waals surface area contributed by atoms with Crippen molar-refractivity contribution < 1.29 is 18.0 Å². The molecule has 0 unspecified atom stereocenters. The van der Waals surface area contributed by atoms with E-state index in [4.69, 9.17) is 23.2 Å². The molecule has 0 aliphatic heterocycles. The van der Waals surface area contributed by atoms with Crippen LogP contribution in [0.1, 0.15) is 30.0 Å². The first-order chi connectivity index (χ1) is 21.1. The van der Waals surface area contributed by atoms with E-state index in [1.165, 1.54) is 35.2 Å². The van der Waals surface area contributed by atoms with Gasteiger partial charge in [-0.2, -0.15) is 0 Å². The van der Waals surface area contributed by atoms with E-state index in [1.54, 1.807) is 18.2 Å². The number of nitrogens with one attached hydrogen (secondary N) is 1. The van der Waals surface area contributed by atoms with Crippen LogP contribution in [0.2, 0.25) is 10.0 Å². The molecule has 10 heteroatoms. The molecule has 0 heterocycles. The maximum Gasteiger partial charge on any atom is 0.264 e. The highest BCUT2D eigenvalue weighted by molar-refractivity contribution is 7.92. The Morgan fingerprint density at radius 3 is 2.00 bits per heavy atom. The Morgan fingerprint density at radius 1 is 0.818 bits per heavy atom. The summed E-state index contributed by atoms with van der Waals surface area (Å²) in [6.07, 6.45) is 0.955. The van der Waals surface area contributed by atoms with Gasteiger partial charge in [0.25, 0.3) is 10.0 Å². The molecule has 0 aliphatic rings. The molecule has 0 spiro atoms. The van der Waals surface area contributed by atoms with Crippen LogP contribution >= 0.6 is 23.2 Å². The van der Waals surface area contributed by atoms with Gasteiger partial charge in [-0.05, 0) is 54.8 Å². The zero-order valence-electron chi connectivity index (χ0n) is 24.6. The molecule has 0 fully saturated rings. The minimum Gasteiger partial charge on any atom is -0.354 e. The Kier molecular flexibility index (Phi) is 11.4. The number of carbonyl (C=O) groups is 2. The second kappa shape index (κ2) is 15.2. The average molecular weight is 653 g/mol. The van der Waals surface area contributed by atoms with Gasteiger partial charge in [-0.15, -0.1) is 0 Å². The van der Waals surface area contributed by atoms with Crippen LogP contribution in [0.4, 0.5) is 5.69 Å². The van der Waals surface area contributed by atoms with Crippen LogP contribution in [0.25, 0.3) is 0 Å². The van der Waals surface area contributed by atoms with Crippen molar-refractivity contribution in [2.24, 2.45) is 0 Å². The number of sulfonamides is 1. The highest BCUT2D eigenvalue weighted by Gasteiger charge is 2.34. The predicted molar refractivity (Wildman–Crippen MR) is 176 cm³/mol. The first-order valence-corrected chi connectivity index (χ1v) is 16.5.